The molecule has 1 heterocycles. The van der Waals surface area contributed by atoms with Crippen LogP contribution in [0.5, 0.6) is 0 Å². The van der Waals surface area contributed by atoms with Crippen LogP contribution < -0.4 is 10.6 Å². The minimum Gasteiger partial charge on any atom is -0.376 e. The van der Waals surface area contributed by atoms with Gasteiger partial charge in [-0.05, 0) is 49.3 Å². The molecule has 6 heteroatoms. The molecule has 0 saturated carbocycles. The average molecular weight is 331 g/mol. The first kappa shape index (κ1) is 15.9. The van der Waals surface area contributed by atoms with Crippen molar-refractivity contribution in [3.05, 3.63) is 29.3 Å². The Morgan fingerprint density at radius 1 is 1.35 bits per heavy atom. The average Bonchev–Trinajstić information content (AvgIpc) is 2.96. The quantitative estimate of drug-likeness (QED) is 0.476. The lowest BCUT2D eigenvalue weighted by Gasteiger charge is -2.13. The normalized spacial score (nSPS) is 17.9. The molecule has 2 N–H and O–H groups in total. The molecule has 1 aliphatic rings. The van der Waals surface area contributed by atoms with Gasteiger partial charge in [-0.2, -0.15) is 0 Å². The number of hydrogen-bond donors (Lipinski definition) is 2. The molecule has 0 spiro atoms. The molecule has 1 aliphatic heterocycles. The summed E-state index contributed by atoms with van der Waals surface area (Å²) < 4.78 is 5.53. The van der Waals surface area contributed by atoms with Crippen LogP contribution in [0.4, 0.5) is 0 Å². The van der Waals surface area contributed by atoms with Gasteiger partial charge in [-0.25, -0.2) is 0 Å². The van der Waals surface area contributed by atoms with Gasteiger partial charge in [-0.15, -0.1) is 11.8 Å². The van der Waals surface area contributed by atoms with Gasteiger partial charge in [0, 0.05) is 35.4 Å². The maximum Gasteiger partial charge on any atom is 0.166 e. The highest BCUT2D eigenvalue weighted by Crippen LogP contribution is 2.19. The van der Waals surface area contributed by atoms with E-state index in [1.165, 1.54) is 4.90 Å². The lowest BCUT2D eigenvalue weighted by Crippen LogP contribution is -2.40. The molecule has 1 aromatic carbocycles. The predicted molar refractivity (Wildman–Crippen MR) is 89.8 cm³/mol. The number of ether oxygens (including phenoxy) is 1. The summed E-state index contributed by atoms with van der Waals surface area (Å²) in [4.78, 5) is 1.22. The molecule has 0 bridgehead atoms. The molecule has 0 amide bonds. The van der Waals surface area contributed by atoms with Crippen LogP contribution in [-0.4, -0.2) is 36.7 Å². The minimum absolute atomic E-state index is 0.318. The van der Waals surface area contributed by atoms with E-state index in [1.54, 1.807) is 11.8 Å². The zero-order valence-corrected chi connectivity index (χ0v) is 13.6. The number of thiocarbonyl (C=S) groups is 1. The highest BCUT2D eigenvalue weighted by Gasteiger charge is 2.14. The Bertz CT molecular complexity index is 422. The molecule has 1 atom stereocenters. The van der Waals surface area contributed by atoms with Crippen LogP contribution in [0.3, 0.4) is 0 Å². The summed E-state index contributed by atoms with van der Waals surface area (Å²) in [5.74, 6) is 0.962. The van der Waals surface area contributed by atoms with Crippen molar-refractivity contribution in [1.29, 1.82) is 0 Å². The summed E-state index contributed by atoms with van der Waals surface area (Å²) in [5, 5.41) is 7.88. The number of thioether (sulfide) groups is 1. The second-order valence-electron chi connectivity index (χ2n) is 4.57. The highest BCUT2D eigenvalue weighted by molar-refractivity contribution is 7.99. The molecule has 1 aromatic rings. The molecular weight excluding hydrogens is 312 g/mol. The lowest BCUT2D eigenvalue weighted by molar-refractivity contribution is 0.114. The van der Waals surface area contributed by atoms with Crippen molar-refractivity contribution in [3.8, 4) is 0 Å². The van der Waals surface area contributed by atoms with Crippen LogP contribution in [-0.2, 0) is 4.74 Å². The van der Waals surface area contributed by atoms with E-state index in [2.05, 4.69) is 10.6 Å². The van der Waals surface area contributed by atoms with Crippen molar-refractivity contribution < 1.29 is 4.74 Å². The number of rotatable bonds is 6. The number of benzene rings is 1. The zero-order valence-electron chi connectivity index (χ0n) is 11.2. The van der Waals surface area contributed by atoms with Crippen molar-refractivity contribution in [2.24, 2.45) is 0 Å². The molecule has 0 aromatic heterocycles. The Balaban J connectivity index is 1.53. The zero-order chi connectivity index (χ0) is 14.2. The van der Waals surface area contributed by atoms with Gasteiger partial charge in [0.2, 0.25) is 0 Å². The molecule has 1 fully saturated rings. The monoisotopic (exact) mass is 330 g/mol. The SMILES string of the molecule is S=C(NCCSc1ccc(Cl)cc1)NCC1CCCO1. The Hall–Kier alpha value is -0.490. The molecular formula is C14H19ClN2OS2. The van der Waals surface area contributed by atoms with Crippen LogP contribution in [0.2, 0.25) is 5.02 Å². The lowest BCUT2D eigenvalue weighted by atomic mass is 10.2. The van der Waals surface area contributed by atoms with Crippen molar-refractivity contribution in [1.82, 2.24) is 10.6 Å². The third kappa shape index (κ3) is 5.87. The molecule has 0 aliphatic carbocycles. The summed E-state index contributed by atoms with van der Waals surface area (Å²) in [6, 6.07) is 7.87. The molecule has 20 heavy (non-hydrogen) atoms. The maximum absolute atomic E-state index is 5.85. The van der Waals surface area contributed by atoms with E-state index in [9.17, 15) is 0 Å². The molecule has 0 radical (unpaired) electrons. The summed E-state index contributed by atoms with van der Waals surface area (Å²) in [6.45, 7) is 2.52. The predicted octanol–water partition coefficient (Wildman–Crippen LogP) is 3.08. The maximum atomic E-state index is 5.85. The van der Waals surface area contributed by atoms with E-state index in [0.717, 1.165) is 43.3 Å². The molecule has 2 rings (SSSR count). The van der Waals surface area contributed by atoms with Gasteiger partial charge in [0.05, 0.1) is 6.10 Å². The first-order chi connectivity index (χ1) is 9.74. The van der Waals surface area contributed by atoms with Gasteiger partial charge in [0.1, 0.15) is 0 Å². The third-order valence-electron chi connectivity index (χ3n) is 2.98. The van der Waals surface area contributed by atoms with Gasteiger partial charge in [-0.3, -0.25) is 0 Å². The molecule has 1 saturated heterocycles. The summed E-state index contributed by atoms with van der Waals surface area (Å²) in [7, 11) is 0. The molecule has 1 unspecified atom stereocenters. The van der Waals surface area contributed by atoms with E-state index in [1.807, 2.05) is 24.3 Å². The fourth-order valence-electron chi connectivity index (χ4n) is 1.94. The largest absolute Gasteiger partial charge is 0.376 e. The highest BCUT2D eigenvalue weighted by atomic mass is 35.5. The summed E-state index contributed by atoms with van der Waals surface area (Å²) in [6.07, 6.45) is 2.60. The summed E-state index contributed by atoms with van der Waals surface area (Å²) in [5.41, 5.74) is 0. The van der Waals surface area contributed by atoms with Crippen LogP contribution in [0, 0.1) is 0 Å². The second kappa shape index (κ2) is 8.72. The van der Waals surface area contributed by atoms with E-state index in [0.29, 0.717) is 11.2 Å². The number of halogens is 1. The van der Waals surface area contributed by atoms with E-state index in [-0.39, 0.29) is 0 Å². The Labute approximate surface area is 134 Å². The van der Waals surface area contributed by atoms with Gasteiger partial charge < -0.3 is 15.4 Å². The van der Waals surface area contributed by atoms with Crippen LogP contribution in [0.15, 0.2) is 29.2 Å². The van der Waals surface area contributed by atoms with E-state index in [4.69, 9.17) is 28.6 Å². The Morgan fingerprint density at radius 2 is 2.15 bits per heavy atom. The first-order valence-electron chi connectivity index (χ1n) is 6.76. The van der Waals surface area contributed by atoms with Crippen molar-refractivity contribution in [3.63, 3.8) is 0 Å². The minimum atomic E-state index is 0.318. The standard InChI is InChI=1S/C14H19ClN2OS2/c15-11-3-5-13(6-4-11)20-9-7-16-14(19)17-10-12-2-1-8-18-12/h3-6,12H,1-2,7-10H2,(H2,16,17,19). The number of nitrogens with one attached hydrogen (secondary N) is 2. The van der Waals surface area contributed by atoms with Crippen LogP contribution >= 0.6 is 35.6 Å². The van der Waals surface area contributed by atoms with Crippen LogP contribution in [0.1, 0.15) is 12.8 Å². The van der Waals surface area contributed by atoms with Gasteiger partial charge in [0.15, 0.2) is 5.11 Å². The second-order valence-corrected chi connectivity index (χ2v) is 6.59. The van der Waals surface area contributed by atoms with Crippen molar-refractivity contribution in [2.45, 2.75) is 23.8 Å². The van der Waals surface area contributed by atoms with Gasteiger partial charge in [0.25, 0.3) is 0 Å². The Morgan fingerprint density at radius 3 is 2.85 bits per heavy atom. The van der Waals surface area contributed by atoms with E-state index >= 15 is 0 Å². The molecule has 3 nitrogen and oxygen atoms in total. The van der Waals surface area contributed by atoms with Gasteiger partial charge >= 0.3 is 0 Å². The Kier molecular flexibility index (Phi) is 6.93. The van der Waals surface area contributed by atoms with Crippen molar-refractivity contribution >= 4 is 40.7 Å². The topological polar surface area (TPSA) is 33.3 Å². The summed E-state index contributed by atoms with van der Waals surface area (Å²) >= 11 is 12.9. The van der Waals surface area contributed by atoms with Crippen LogP contribution in [0.25, 0.3) is 0 Å². The van der Waals surface area contributed by atoms with Gasteiger partial charge in [-0.1, -0.05) is 11.6 Å². The smallest absolute Gasteiger partial charge is 0.166 e. The number of hydrogen-bond acceptors (Lipinski definition) is 3. The van der Waals surface area contributed by atoms with Crippen molar-refractivity contribution in [2.75, 3.05) is 25.4 Å². The fraction of sp³-hybridized carbons (Fsp3) is 0.500. The molecule has 110 valence electrons. The fourth-order valence-corrected chi connectivity index (χ4v) is 3.02. The third-order valence-corrected chi connectivity index (χ3v) is 4.54. The van der Waals surface area contributed by atoms with E-state index < -0.39 is 0 Å². The first-order valence-corrected chi connectivity index (χ1v) is 8.53.